The van der Waals surface area contributed by atoms with Gasteiger partial charge in [-0.05, 0) is 34.9 Å². The number of aromatic nitrogens is 2. The normalized spacial score (nSPS) is 19.3. The molecule has 0 fully saturated rings. The maximum Gasteiger partial charge on any atom is 0.257 e. The minimum Gasteiger partial charge on any atom is -0.343 e. The highest BCUT2D eigenvalue weighted by Gasteiger charge is 2.42. The third-order valence-corrected chi connectivity index (χ3v) is 8.08. The van der Waals surface area contributed by atoms with Gasteiger partial charge in [-0.2, -0.15) is 0 Å². The summed E-state index contributed by atoms with van der Waals surface area (Å²) in [6.45, 7) is 4.20. The molecule has 2 aromatic heterocycles. The van der Waals surface area contributed by atoms with E-state index in [4.69, 9.17) is 16.6 Å². The molecule has 32 heavy (non-hydrogen) atoms. The van der Waals surface area contributed by atoms with E-state index in [0.29, 0.717) is 39.3 Å². The predicted octanol–water partition coefficient (Wildman–Crippen LogP) is 5.98. The van der Waals surface area contributed by atoms with E-state index in [-0.39, 0.29) is 22.7 Å². The highest BCUT2D eigenvalue weighted by molar-refractivity contribution is 7.98. The number of carbonyl (C=O) groups excluding carboxylic acids is 1. The van der Waals surface area contributed by atoms with E-state index < -0.39 is 0 Å². The van der Waals surface area contributed by atoms with Gasteiger partial charge in [0.1, 0.15) is 5.82 Å². The van der Waals surface area contributed by atoms with Gasteiger partial charge in [0.25, 0.3) is 5.56 Å². The molecule has 0 saturated carbocycles. The Balaban J connectivity index is 1.56. The summed E-state index contributed by atoms with van der Waals surface area (Å²) in [6, 6.07) is 11.6. The highest BCUT2D eigenvalue weighted by atomic mass is 35.5. The smallest absolute Gasteiger partial charge is 0.257 e. The van der Waals surface area contributed by atoms with Crippen molar-refractivity contribution in [3.05, 3.63) is 84.4 Å². The first-order valence-corrected chi connectivity index (χ1v) is 12.6. The van der Waals surface area contributed by atoms with Gasteiger partial charge in [-0.15, -0.1) is 11.3 Å². The van der Waals surface area contributed by atoms with Crippen molar-refractivity contribution in [3.63, 3.8) is 0 Å². The van der Waals surface area contributed by atoms with Gasteiger partial charge in [0.2, 0.25) is 0 Å². The van der Waals surface area contributed by atoms with Crippen LogP contribution in [0.4, 0.5) is 5.82 Å². The van der Waals surface area contributed by atoms with E-state index in [1.54, 1.807) is 11.3 Å². The molecule has 0 amide bonds. The molecule has 1 atom stereocenters. The number of thioether (sulfide) groups is 1. The number of benzene rings is 1. The lowest BCUT2D eigenvalue weighted by molar-refractivity contribution is -0.118. The van der Waals surface area contributed by atoms with Gasteiger partial charge in [0.15, 0.2) is 10.9 Å². The van der Waals surface area contributed by atoms with E-state index >= 15 is 0 Å². The largest absolute Gasteiger partial charge is 0.343 e. The van der Waals surface area contributed by atoms with Crippen LogP contribution >= 0.6 is 34.7 Å². The molecule has 1 unspecified atom stereocenters. The average Bonchev–Trinajstić information content (AvgIpc) is 3.25. The lowest BCUT2D eigenvalue weighted by Gasteiger charge is -2.38. The molecule has 0 radical (unpaired) electrons. The molecule has 8 heteroatoms. The summed E-state index contributed by atoms with van der Waals surface area (Å²) >= 11 is 9.26. The maximum atomic E-state index is 13.3. The molecule has 0 spiro atoms. The number of rotatable bonds is 4. The Labute approximate surface area is 199 Å². The Morgan fingerprint density at radius 1 is 1.19 bits per heavy atom. The van der Waals surface area contributed by atoms with Crippen molar-refractivity contribution in [2.75, 3.05) is 5.32 Å². The van der Waals surface area contributed by atoms with Crippen molar-refractivity contribution in [2.24, 2.45) is 5.41 Å². The zero-order chi connectivity index (χ0) is 22.5. The maximum absolute atomic E-state index is 13.3. The van der Waals surface area contributed by atoms with E-state index in [1.165, 1.54) is 11.8 Å². The second-order valence-electron chi connectivity index (χ2n) is 8.92. The first kappa shape index (κ1) is 21.5. The number of fused-ring (bicyclic) bond motifs is 1. The number of H-pyrrole nitrogens is 1. The summed E-state index contributed by atoms with van der Waals surface area (Å²) < 4.78 is 0. The summed E-state index contributed by atoms with van der Waals surface area (Å²) in [5.41, 5.74) is 2.74. The minimum atomic E-state index is -0.385. The molecule has 2 aliphatic rings. The van der Waals surface area contributed by atoms with Crippen LogP contribution in [0, 0.1) is 5.41 Å². The van der Waals surface area contributed by atoms with Crippen LogP contribution in [0.5, 0.6) is 0 Å². The fraction of sp³-hybridized carbons (Fsp3) is 0.292. The zero-order valence-electron chi connectivity index (χ0n) is 17.7. The van der Waals surface area contributed by atoms with Gasteiger partial charge >= 0.3 is 0 Å². The van der Waals surface area contributed by atoms with Gasteiger partial charge in [-0.1, -0.05) is 61.5 Å². The van der Waals surface area contributed by atoms with Crippen LogP contribution in [-0.2, 0) is 10.5 Å². The Morgan fingerprint density at radius 3 is 2.75 bits per heavy atom. The number of hydrogen-bond donors (Lipinski definition) is 2. The van der Waals surface area contributed by atoms with Crippen molar-refractivity contribution in [1.82, 2.24) is 9.97 Å². The molecular formula is C24H22ClN3O2S2. The second-order valence-corrected chi connectivity index (χ2v) is 11.3. The van der Waals surface area contributed by atoms with Crippen LogP contribution in [0.1, 0.15) is 48.6 Å². The number of ketones is 1. The first-order valence-electron chi connectivity index (χ1n) is 10.4. The van der Waals surface area contributed by atoms with Crippen LogP contribution in [-0.4, -0.2) is 15.8 Å². The number of carbonyl (C=O) groups is 1. The number of hydrogen-bond acceptors (Lipinski definition) is 6. The SMILES string of the molecule is CC1(C)CC(=O)C2=C(C1)Nc1nc(SCc3ccccc3Cl)[nH]c(=O)c1C2c1cccs1. The number of aromatic amines is 1. The monoisotopic (exact) mass is 483 g/mol. The topological polar surface area (TPSA) is 74.8 Å². The second kappa shape index (κ2) is 8.21. The van der Waals surface area contributed by atoms with E-state index in [1.807, 2.05) is 41.8 Å². The first-order chi connectivity index (χ1) is 15.3. The Bertz CT molecular complexity index is 1290. The molecule has 164 valence electrons. The van der Waals surface area contributed by atoms with E-state index in [9.17, 15) is 9.59 Å². The predicted molar refractivity (Wildman–Crippen MR) is 131 cm³/mol. The van der Waals surface area contributed by atoms with Crippen LogP contribution in [0.25, 0.3) is 0 Å². The van der Waals surface area contributed by atoms with Crippen molar-refractivity contribution in [2.45, 2.75) is 43.5 Å². The average molecular weight is 484 g/mol. The third-order valence-electron chi connectivity index (χ3n) is 5.85. The number of allylic oxidation sites excluding steroid dienone is 2. The molecule has 1 aliphatic carbocycles. The van der Waals surface area contributed by atoms with Crippen LogP contribution in [0.15, 0.2) is 63.0 Å². The third kappa shape index (κ3) is 3.93. The fourth-order valence-corrected chi connectivity index (χ4v) is 6.45. The van der Waals surface area contributed by atoms with Gasteiger partial charge < -0.3 is 10.3 Å². The summed E-state index contributed by atoms with van der Waals surface area (Å²) in [7, 11) is 0. The Kier molecular flexibility index (Phi) is 5.51. The minimum absolute atomic E-state index is 0.101. The summed E-state index contributed by atoms with van der Waals surface area (Å²) in [5.74, 6) is 0.848. The Hall–Kier alpha value is -2.35. The lowest BCUT2D eigenvalue weighted by Crippen LogP contribution is -2.36. The summed E-state index contributed by atoms with van der Waals surface area (Å²) in [6.07, 6.45) is 1.22. The van der Waals surface area contributed by atoms with Gasteiger partial charge in [-0.3, -0.25) is 9.59 Å². The van der Waals surface area contributed by atoms with Gasteiger partial charge in [-0.25, -0.2) is 4.98 Å². The van der Waals surface area contributed by atoms with Crippen molar-refractivity contribution in [3.8, 4) is 0 Å². The molecule has 5 rings (SSSR count). The molecule has 1 aromatic carbocycles. The van der Waals surface area contributed by atoms with E-state index in [0.717, 1.165) is 22.6 Å². The standard InChI is InChI=1S/C24H22ClN3O2S2/c1-24(2)10-15-18(16(29)11-24)19(17-8-5-9-31-17)20-21(26-15)27-23(28-22(20)30)32-12-13-6-3-4-7-14(13)25/h3-9,19H,10-12H2,1-2H3,(H2,26,27,28,30). The van der Waals surface area contributed by atoms with Crippen LogP contribution in [0.2, 0.25) is 5.02 Å². The van der Waals surface area contributed by atoms with Gasteiger partial charge in [0.05, 0.1) is 11.5 Å². The number of Topliss-reactive ketones (excluding diaryl/α,β-unsaturated/α-hetero) is 1. The number of thiophene rings is 1. The van der Waals surface area contributed by atoms with Crippen LogP contribution in [0.3, 0.4) is 0 Å². The van der Waals surface area contributed by atoms with Crippen LogP contribution < -0.4 is 10.9 Å². The highest BCUT2D eigenvalue weighted by Crippen LogP contribution is 2.48. The summed E-state index contributed by atoms with van der Waals surface area (Å²) in [4.78, 5) is 35.1. The number of nitrogens with zero attached hydrogens (tertiary/aromatic N) is 1. The molecule has 1 aliphatic heterocycles. The number of nitrogens with one attached hydrogen (secondary N) is 2. The molecule has 3 aromatic rings. The molecule has 0 saturated heterocycles. The number of anilines is 1. The Morgan fingerprint density at radius 2 is 2.00 bits per heavy atom. The molecular weight excluding hydrogens is 462 g/mol. The van der Waals surface area contributed by atoms with Crippen molar-refractivity contribution < 1.29 is 4.79 Å². The summed E-state index contributed by atoms with van der Waals surface area (Å²) in [5, 5.41) is 6.55. The lowest BCUT2D eigenvalue weighted by atomic mass is 9.70. The molecule has 5 nitrogen and oxygen atoms in total. The molecule has 0 bridgehead atoms. The molecule has 2 N–H and O–H groups in total. The fourth-order valence-electron chi connectivity index (χ4n) is 4.46. The van der Waals surface area contributed by atoms with Crippen molar-refractivity contribution >= 4 is 46.3 Å². The van der Waals surface area contributed by atoms with E-state index in [2.05, 4.69) is 24.1 Å². The van der Waals surface area contributed by atoms with Crippen molar-refractivity contribution in [1.29, 1.82) is 0 Å². The van der Waals surface area contributed by atoms with Gasteiger partial charge in [0, 0.05) is 33.3 Å². The quantitative estimate of drug-likeness (QED) is 0.353. The number of halogens is 1. The molecule has 3 heterocycles. The zero-order valence-corrected chi connectivity index (χ0v) is 20.1.